The molecule has 0 radical (unpaired) electrons. The second kappa shape index (κ2) is 10.2. The molecule has 12 heteroatoms. The quantitative estimate of drug-likeness (QED) is 0.514. The minimum atomic E-state index is -4.31. The number of aromatic hydroxyl groups is 1. The van der Waals surface area contributed by atoms with Crippen LogP contribution in [0.2, 0.25) is 0 Å². The molecule has 1 aliphatic heterocycles. The number of carbonyl (C=O) groups is 1. The van der Waals surface area contributed by atoms with Crippen LogP contribution >= 0.6 is 0 Å². The van der Waals surface area contributed by atoms with E-state index in [-0.39, 0.29) is 46.4 Å². The predicted octanol–water partition coefficient (Wildman–Crippen LogP) is 4.06. The third-order valence-electron chi connectivity index (χ3n) is 6.49. The number of nitriles is 1. The van der Waals surface area contributed by atoms with E-state index in [0.29, 0.717) is 24.9 Å². The van der Waals surface area contributed by atoms with Crippen LogP contribution in [0.5, 0.6) is 5.88 Å². The summed E-state index contributed by atoms with van der Waals surface area (Å²) >= 11 is 0. The molecule has 0 aliphatic carbocycles. The Morgan fingerprint density at radius 3 is 2.65 bits per heavy atom. The number of piperidine rings is 1. The van der Waals surface area contributed by atoms with Crippen molar-refractivity contribution in [3.8, 4) is 28.9 Å². The average Bonchev–Trinajstić information content (AvgIpc) is 3.25. The molecule has 1 N–H and O–H groups in total. The largest absolute Gasteiger partial charge is 0.493 e. The van der Waals surface area contributed by atoms with E-state index in [1.54, 1.807) is 6.07 Å². The molecule has 1 amide bonds. The molecule has 0 spiro atoms. The van der Waals surface area contributed by atoms with Crippen LogP contribution in [0.15, 0.2) is 36.7 Å². The van der Waals surface area contributed by atoms with Crippen LogP contribution in [0.4, 0.5) is 17.6 Å². The Morgan fingerprint density at radius 2 is 2.00 bits per heavy atom. The van der Waals surface area contributed by atoms with Gasteiger partial charge in [0, 0.05) is 25.3 Å². The maximum Gasteiger partial charge on any atom is 0.401 e. The Labute approximate surface area is 210 Å². The molecule has 194 valence electrons. The molecular weight excluding hydrogens is 492 g/mol. The molecule has 1 fully saturated rings. The molecule has 8 nitrogen and oxygen atoms in total. The standard InChI is InChI=1S/C25H24F4N6O2/c1-15-19(7-5-16(10-30)22(15)26)20-12-32-35(24(20)37)21-8-6-17(11-31-21)23(36)34-9-3-4-18(13-34)33(2)14-25(27,28)29/h5-8,11-12,18,37H,3-4,9,13-14H2,1-2H3. The summed E-state index contributed by atoms with van der Waals surface area (Å²) in [5.74, 6) is -1.13. The van der Waals surface area contributed by atoms with Gasteiger partial charge in [0.2, 0.25) is 5.88 Å². The molecule has 3 aromatic rings. The molecule has 1 saturated heterocycles. The van der Waals surface area contributed by atoms with E-state index >= 15 is 0 Å². The van der Waals surface area contributed by atoms with Crippen LogP contribution in [-0.2, 0) is 0 Å². The van der Waals surface area contributed by atoms with Crippen molar-refractivity contribution in [3.05, 3.63) is 59.2 Å². The second-order valence-electron chi connectivity index (χ2n) is 8.99. The number of carbonyl (C=O) groups excluding carboxylic acids is 1. The summed E-state index contributed by atoms with van der Waals surface area (Å²) in [6, 6.07) is 7.19. The minimum Gasteiger partial charge on any atom is -0.493 e. The number of likely N-dealkylation sites (N-methyl/N-ethyl adjacent to an activating group) is 1. The van der Waals surface area contributed by atoms with E-state index in [0.717, 1.165) is 4.68 Å². The number of benzene rings is 1. The van der Waals surface area contributed by atoms with Gasteiger partial charge in [-0.1, -0.05) is 6.07 Å². The second-order valence-corrected chi connectivity index (χ2v) is 8.99. The normalized spacial score (nSPS) is 16.2. The van der Waals surface area contributed by atoms with Gasteiger partial charge in [0.15, 0.2) is 5.82 Å². The van der Waals surface area contributed by atoms with Gasteiger partial charge >= 0.3 is 6.18 Å². The number of halogens is 4. The Morgan fingerprint density at radius 1 is 1.24 bits per heavy atom. The summed E-state index contributed by atoms with van der Waals surface area (Å²) in [6.45, 7) is 1.06. The summed E-state index contributed by atoms with van der Waals surface area (Å²) in [5, 5.41) is 23.9. The summed E-state index contributed by atoms with van der Waals surface area (Å²) in [6.07, 6.45) is -0.504. The Hall–Kier alpha value is -3.98. The number of amides is 1. The number of pyridine rings is 1. The lowest BCUT2D eigenvalue weighted by molar-refractivity contribution is -0.149. The Bertz CT molecular complexity index is 1350. The molecule has 4 rings (SSSR count). The Kier molecular flexibility index (Phi) is 7.18. The average molecular weight is 516 g/mol. The van der Waals surface area contributed by atoms with Crippen LogP contribution < -0.4 is 0 Å². The first-order valence-electron chi connectivity index (χ1n) is 11.5. The van der Waals surface area contributed by atoms with Gasteiger partial charge < -0.3 is 10.0 Å². The fourth-order valence-electron chi connectivity index (χ4n) is 4.49. The number of aromatic nitrogens is 3. The van der Waals surface area contributed by atoms with Crippen molar-refractivity contribution in [2.24, 2.45) is 0 Å². The highest BCUT2D eigenvalue weighted by atomic mass is 19.4. The number of nitrogens with zero attached hydrogens (tertiary/aromatic N) is 6. The highest BCUT2D eigenvalue weighted by Gasteiger charge is 2.34. The molecule has 3 heterocycles. The monoisotopic (exact) mass is 516 g/mol. The van der Waals surface area contributed by atoms with Crippen molar-refractivity contribution in [2.45, 2.75) is 32.0 Å². The third-order valence-corrected chi connectivity index (χ3v) is 6.49. The number of hydrogen-bond acceptors (Lipinski definition) is 6. The molecule has 37 heavy (non-hydrogen) atoms. The lowest BCUT2D eigenvalue weighted by atomic mass is 10.00. The molecule has 2 aromatic heterocycles. The van der Waals surface area contributed by atoms with Gasteiger partial charge in [-0.05, 0) is 56.1 Å². The Balaban J connectivity index is 1.51. The van der Waals surface area contributed by atoms with Gasteiger partial charge in [-0.2, -0.15) is 28.2 Å². The highest BCUT2D eigenvalue weighted by Crippen LogP contribution is 2.34. The van der Waals surface area contributed by atoms with E-state index in [9.17, 15) is 27.5 Å². The molecule has 0 bridgehead atoms. The first-order valence-corrected chi connectivity index (χ1v) is 11.5. The summed E-state index contributed by atoms with van der Waals surface area (Å²) in [4.78, 5) is 20.0. The molecule has 1 aromatic carbocycles. The smallest absolute Gasteiger partial charge is 0.401 e. The lowest BCUT2D eigenvalue weighted by Gasteiger charge is -2.37. The topological polar surface area (TPSA) is 98.3 Å². The maximum absolute atomic E-state index is 14.4. The fraction of sp³-hybridized carbons (Fsp3) is 0.360. The molecular formula is C25H24F4N6O2. The first-order chi connectivity index (χ1) is 17.5. The van der Waals surface area contributed by atoms with Crippen molar-refractivity contribution < 1.29 is 27.5 Å². The van der Waals surface area contributed by atoms with Crippen LogP contribution in [-0.4, -0.2) is 74.5 Å². The van der Waals surface area contributed by atoms with E-state index in [2.05, 4.69) is 10.1 Å². The highest BCUT2D eigenvalue weighted by molar-refractivity contribution is 5.94. The third kappa shape index (κ3) is 5.41. The van der Waals surface area contributed by atoms with Gasteiger partial charge in [-0.3, -0.25) is 9.69 Å². The van der Waals surface area contributed by atoms with Gasteiger partial charge in [-0.15, -0.1) is 0 Å². The SMILES string of the molecule is Cc1c(-c2cnn(-c3ccc(C(=O)N4CCCC(N(C)CC(F)(F)F)C4)cn3)c2O)ccc(C#N)c1F. The van der Waals surface area contributed by atoms with Crippen LogP contribution in [0.3, 0.4) is 0 Å². The fourth-order valence-corrected chi connectivity index (χ4v) is 4.49. The zero-order valence-electron chi connectivity index (χ0n) is 20.1. The van der Waals surface area contributed by atoms with E-state index in [1.807, 2.05) is 0 Å². The number of alkyl halides is 3. The van der Waals surface area contributed by atoms with Gasteiger partial charge in [0.1, 0.15) is 11.9 Å². The van der Waals surface area contributed by atoms with E-state index in [1.165, 1.54) is 60.4 Å². The zero-order chi connectivity index (χ0) is 26.9. The van der Waals surface area contributed by atoms with Crippen molar-refractivity contribution in [1.82, 2.24) is 24.6 Å². The number of likely N-dealkylation sites (tertiary alicyclic amines) is 1. The molecule has 1 unspecified atom stereocenters. The van der Waals surface area contributed by atoms with E-state index < -0.39 is 24.6 Å². The van der Waals surface area contributed by atoms with Crippen LogP contribution in [0, 0.1) is 24.1 Å². The van der Waals surface area contributed by atoms with Crippen molar-refractivity contribution >= 4 is 5.91 Å². The number of hydrogen-bond donors (Lipinski definition) is 1. The molecule has 0 saturated carbocycles. The van der Waals surface area contributed by atoms with Crippen LogP contribution in [0.1, 0.15) is 34.3 Å². The van der Waals surface area contributed by atoms with Crippen LogP contribution in [0.25, 0.3) is 16.9 Å². The van der Waals surface area contributed by atoms with Crippen molar-refractivity contribution in [1.29, 1.82) is 5.26 Å². The summed E-state index contributed by atoms with van der Waals surface area (Å²) in [7, 11) is 1.40. The van der Waals surface area contributed by atoms with Gasteiger partial charge in [0.05, 0.1) is 29.4 Å². The molecule has 1 aliphatic rings. The zero-order valence-corrected chi connectivity index (χ0v) is 20.1. The van der Waals surface area contributed by atoms with Gasteiger partial charge in [-0.25, -0.2) is 9.37 Å². The summed E-state index contributed by atoms with van der Waals surface area (Å²) < 4.78 is 53.8. The van der Waals surface area contributed by atoms with E-state index in [4.69, 9.17) is 5.26 Å². The number of rotatable bonds is 5. The lowest BCUT2D eigenvalue weighted by Crippen LogP contribution is -2.50. The minimum absolute atomic E-state index is 0.109. The summed E-state index contributed by atoms with van der Waals surface area (Å²) in [5.41, 5.74) is 0.928. The maximum atomic E-state index is 14.4. The first kappa shape index (κ1) is 26.1. The van der Waals surface area contributed by atoms with Gasteiger partial charge in [0.25, 0.3) is 5.91 Å². The van der Waals surface area contributed by atoms with Crippen molar-refractivity contribution in [2.75, 3.05) is 26.7 Å². The predicted molar refractivity (Wildman–Crippen MR) is 125 cm³/mol. The molecule has 1 atom stereocenters. The van der Waals surface area contributed by atoms with Crippen molar-refractivity contribution in [3.63, 3.8) is 0 Å².